The molecule has 0 saturated carbocycles. The molecule has 1 aromatic carbocycles. The number of benzene rings is 1. The van der Waals surface area contributed by atoms with E-state index in [0.29, 0.717) is 17.3 Å². The predicted molar refractivity (Wildman–Crippen MR) is 84.6 cm³/mol. The maximum Gasteiger partial charge on any atom is 0.241 e. The summed E-state index contributed by atoms with van der Waals surface area (Å²) in [5, 5.41) is 2.79. The third kappa shape index (κ3) is 4.26. The van der Waals surface area contributed by atoms with Gasteiger partial charge in [0.15, 0.2) is 0 Å². The molecule has 1 aromatic heterocycles. The van der Waals surface area contributed by atoms with Crippen molar-refractivity contribution in [2.75, 3.05) is 5.32 Å². The lowest BCUT2D eigenvalue weighted by Crippen LogP contribution is -2.45. The summed E-state index contributed by atoms with van der Waals surface area (Å²) in [5.41, 5.74) is 6.25. The van der Waals surface area contributed by atoms with E-state index in [4.69, 9.17) is 10.5 Å². The molecule has 0 radical (unpaired) electrons. The molecule has 0 aliphatic heterocycles. The highest BCUT2D eigenvalue weighted by molar-refractivity contribution is 5.95. The monoisotopic (exact) mass is 300 g/mol. The SMILES string of the molecule is CC(C)(C)[C@H](N)C(=O)Nc1cccc(Oc2cnccn2)c1. The Labute approximate surface area is 129 Å². The Morgan fingerprint density at radius 3 is 2.73 bits per heavy atom. The second-order valence-corrected chi connectivity index (χ2v) is 6.01. The smallest absolute Gasteiger partial charge is 0.241 e. The van der Waals surface area contributed by atoms with Gasteiger partial charge in [-0.15, -0.1) is 0 Å². The number of anilines is 1. The van der Waals surface area contributed by atoms with Crippen molar-refractivity contribution in [3.63, 3.8) is 0 Å². The van der Waals surface area contributed by atoms with Gasteiger partial charge in [-0.3, -0.25) is 9.78 Å². The number of nitrogens with one attached hydrogen (secondary N) is 1. The van der Waals surface area contributed by atoms with E-state index in [1.165, 1.54) is 6.20 Å². The van der Waals surface area contributed by atoms with Crippen molar-refractivity contribution >= 4 is 11.6 Å². The van der Waals surface area contributed by atoms with Gasteiger partial charge in [-0.2, -0.15) is 0 Å². The highest BCUT2D eigenvalue weighted by Crippen LogP contribution is 2.23. The van der Waals surface area contributed by atoms with Crippen molar-refractivity contribution in [3.8, 4) is 11.6 Å². The number of nitrogens with zero attached hydrogens (tertiary/aromatic N) is 2. The summed E-state index contributed by atoms with van der Waals surface area (Å²) in [4.78, 5) is 20.1. The van der Waals surface area contributed by atoms with Crippen molar-refractivity contribution in [3.05, 3.63) is 42.9 Å². The Morgan fingerprint density at radius 1 is 1.32 bits per heavy atom. The van der Waals surface area contributed by atoms with Gasteiger partial charge < -0.3 is 15.8 Å². The number of hydrogen-bond acceptors (Lipinski definition) is 5. The van der Waals surface area contributed by atoms with Crippen LogP contribution in [0.25, 0.3) is 0 Å². The molecule has 2 aromatic rings. The van der Waals surface area contributed by atoms with Gasteiger partial charge in [0, 0.05) is 24.1 Å². The quantitative estimate of drug-likeness (QED) is 0.905. The van der Waals surface area contributed by atoms with Crippen molar-refractivity contribution in [2.24, 2.45) is 11.1 Å². The Bertz CT molecular complexity index is 638. The van der Waals surface area contributed by atoms with E-state index in [9.17, 15) is 4.79 Å². The molecule has 3 N–H and O–H groups in total. The van der Waals surface area contributed by atoms with E-state index in [-0.39, 0.29) is 11.3 Å². The minimum absolute atomic E-state index is 0.232. The van der Waals surface area contributed by atoms with Crippen molar-refractivity contribution in [1.29, 1.82) is 0 Å². The zero-order valence-corrected chi connectivity index (χ0v) is 12.9. The molecule has 22 heavy (non-hydrogen) atoms. The zero-order valence-electron chi connectivity index (χ0n) is 12.9. The summed E-state index contributed by atoms with van der Waals surface area (Å²) in [5.74, 6) is 0.712. The summed E-state index contributed by atoms with van der Waals surface area (Å²) < 4.78 is 5.57. The van der Waals surface area contributed by atoms with Crippen LogP contribution in [-0.2, 0) is 4.79 Å². The van der Waals surface area contributed by atoms with E-state index >= 15 is 0 Å². The average molecular weight is 300 g/mol. The van der Waals surface area contributed by atoms with Crippen LogP contribution in [0.3, 0.4) is 0 Å². The van der Waals surface area contributed by atoms with Crippen LogP contribution in [0.2, 0.25) is 0 Å². The van der Waals surface area contributed by atoms with Gasteiger partial charge >= 0.3 is 0 Å². The van der Waals surface area contributed by atoms with Gasteiger partial charge in [-0.05, 0) is 17.5 Å². The van der Waals surface area contributed by atoms with Crippen LogP contribution in [0.1, 0.15) is 20.8 Å². The molecule has 1 amide bonds. The number of rotatable bonds is 4. The van der Waals surface area contributed by atoms with E-state index in [2.05, 4.69) is 15.3 Å². The summed E-state index contributed by atoms with van der Waals surface area (Å²) in [6.45, 7) is 5.76. The molecule has 6 nitrogen and oxygen atoms in total. The molecule has 0 aliphatic carbocycles. The van der Waals surface area contributed by atoms with Crippen LogP contribution in [0.15, 0.2) is 42.9 Å². The fourth-order valence-corrected chi connectivity index (χ4v) is 1.71. The van der Waals surface area contributed by atoms with Gasteiger partial charge in [0.25, 0.3) is 0 Å². The van der Waals surface area contributed by atoms with Gasteiger partial charge in [0.2, 0.25) is 11.8 Å². The second kappa shape index (κ2) is 6.53. The molecular formula is C16H20N4O2. The molecule has 0 aliphatic rings. The molecule has 2 rings (SSSR count). The maximum absolute atomic E-state index is 12.1. The van der Waals surface area contributed by atoms with Gasteiger partial charge in [0.05, 0.1) is 12.2 Å². The molecule has 1 atom stereocenters. The number of amides is 1. The van der Waals surface area contributed by atoms with E-state index in [1.54, 1.807) is 36.7 Å². The van der Waals surface area contributed by atoms with Crippen LogP contribution >= 0.6 is 0 Å². The molecule has 116 valence electrons. The first-order chi connectivity index (χ1) is 10.4. The third-order valence-corrected chi connectivity index (χ3v) is 3.08. The first kappa shape index (κ1) is 15.9. The summed E-state index contributed by atoms with van der Waals surface area (Å²) in [6, 6.07) is 6.44. The minimum atomic E-state index is -0.600. The Kier molecular flexibility index (Phi) is 4.72. The minimum Gasteiger partial charge on any atom is -0.437 e. The molecule has 0 saturated heterocycles. The summed E-state index contributed by atoms with van der Waals surface area (Å²) in [7, 11) is 0. The van der Waals surface area contributed by atoms with Gasteiger partial charge in [-0.1, -0.05) is 26.8 Å². The summed E-state index contributed by atoms with van der Waals surface area (Å²) >= 11 is 0. The van der Waals surface area contributed by atoms with Crippen LogP contribution < -0.4 is 15.8 Å². The van der Waals surface area contributed by atoms with Crippen molar-refractivity contribution in [2.45, 2.75) is 26.8 Å². The average Bonchev–Trinajstić information content (AvgIpc) is 2.47. The maximum atomic E-state index is 12.1. The van der Waals surface area contributed by atoms with Crippen LogP contribution in [0.4, 0.5) is 5.69 Å². The van der Waals surface area contributed by atoms with Crippen molar-refractivity contribution < 1.29 is 9.53 Å². The lowest BCUT2D eigenvalue weighted by Gasteiger charge is -2.25. The first-order valence-corrected chi connectivity index (χ1v) is 6.96. The highest BCUT2D eigenvalue weighted by Gasteiger charge is 2.27. The molecule has 0 fully saturated rings. The van der Waals surface area contributed by atoms with Crippen LogP contribution in [0.5, 0.6) is 11.6 Å². The first-order valence-electron chi connectivity index (χ1n) is 6.96. The number of carbonyl (C=O) groups excluding carboxylic acids is 1. The fraction of sp³-hybridized carbons (Fsp3) is 0.312. The van der Waals surface area contributed by atoms with Gasteiger partial charge in [0.1, 0.15) is 5.75 Å². The van der Waals surface area contributed by atoms with Gasteiger partial charge in [-0.25, -0.2) is 4.98 Å². The molecule has 0 spiro atoms. The normalized spacial score (nSPS) is 12.5. The molecular weight excluding hydrogens is 280 g/mol. The largest absolute Gasteiger partial charge is 0.437 e. The van der Waals surface area contributed by atoms with E-state index in [0.717, 1.165) is 0 Å². The third-order valence-electron chi connectivity index (χ3n) is 3.08. The van der Waals surface area contributed by atoms with Crippen molar-refractivity contribution in [1.82, 2.24) is 9.97 Å². The Balaban J connectivity index is 2.07. The number of carbonyl (C=O) groups is 1. The summed E-state index contributed by atoms with van der Waals surface area (Å²) in [6.07, 6.45) is 4.63. The lowest BCUT2D eigenvalue weighted by atomic mass is 9.87. The molecule has 1 heterocycles. The molecule has 0 bridgehead atoms. The Morgan fingerprint density at radius 2 is 2.09 bits per heavy atom. The number of aromatic nitrogens is 2. The second-order valence-electron chi connectivity index (χ2n) is 6.01. The topological polar surface area (TPSA) is 90.1 Å². The highest BCUT2D eigenvalue weighted by atomic mass is 16.5. The number of ether oxygens (including phenoxy) is 1. The number of hydrogen-bond donors (Lipinski definition) is 2. The zero-order chi connectivity index (χ0) is 16.2. The molecule has 0 unspecified atom stereocenters. The van der Waals surface area contributed by atoms with E-state index in [1.807, 2.05) is 20.8 Å². The molecule has 6 heteroatoms. The lowest BCUT2D eigenvalue weighted by molar-refractivity contribution is -0.119. The van der Waals surface area contributed by atoms with E-state index < -0.39 is 6.04 Å². The Hall–Kier alpha value is -2.47. The van der Waals surface area contributed by atoms with Crippen LogP contribution in [0, 0.1) is 5.41 Å². The fourth-order valence-electron chi connectivity index (χ4n) is 1.71. The standard InChI is InChI=1S/C16H20N4O2/c1-16(2,3)14(17)15(21)20-11-5-4-6-12(9-11)22-13-10-18-7-8-19-13/h4-10,14H,17H2,1-3H3,(H,20,21)/t14-/m1/s1. The predicted octanol–water partition coefficient (Wildman–Crippen LogP) is 2.58. The van der Waals surface area contributed by atoms with Crippen LogP contribution in [-0.4, -0.2) is 21.9 Å². The number of nitrogens with two attached hydrogens (primary N) is 1.